The van der Waals surface area contributed by atoms with Crippen molar-refractivity contribution in [3.05, 3.63) is 34.3 Å². The lowest BCUT2D eigenvalue weighted by Crippen LogP contribution is -2.02. The van der Waals surface area contributed by atoms with E-state index < -0.39 is 5.97 Å². The van der Waals surface area contributed by atoms with Crippen molar-refractivity contribution in [2.24, 2.45) is 0 Å². The van der Waals surface area contributed by atoms with Gasteiger partial charge in [-0.05, 0) is 23.8 Å². The molecule has 0 fully saturated rings. The molecule has 4 heteroatoms. The molecule has 16 heavy (non-hydrogen) atoms. The van der Waals surface area contributed by atoms with Crippen molar-refractivity contribution in [3.8, 4) is 11.8 Å². The van der Waals surface area contributed by atoms with Crippen LogP contribution in [0.3, 0.4) is 0 Å². The van der Waals surface area contributed by atoms with Crippen LogP contribution >= 0.6 is 23.2 Å². The van der Waals surface area contributed by atoms with Gasteiger partial charge in [-0.2, -0.15) is 0 Å². The third-order valence-corrected chi connectivity index (χ3v) is 2.28. The number of halogens is 2. The summed E-state index contributed by atoms with van der Waals surface area (Å²) in [7, 11) is 0. The van der Waals surface area contributed by atoms with E-state index >= 15 is 0 Å². The first kappa shape index (κ1) is 12.9. The monoisotopic (exact) mass is 256 g/mol. The van der Waals surface area contributed by atoms with Gasteiger partial charge in [0, 0.05) is 22.9 Å². The second kappa shape index (κ2) is 6.42. The van der Waals surface area contributed by atoms with Gasteiger partial charge >= 0.3 is 5.97 Å². The zero-order valence-electron chi connectivity index (χ0n) is 8.46. The Kier molecular flexibility index (Phi) is 5.18. The third kappa shape index (κ3) is 4.14. The summed E-state index contributed by atoms with van der Waals surface area (Å²) in [5.41, 5.74) is 1.32. The summed E-state index contributed by atoms with van der Waals surface area (Å²) in [6, 6.07) is 5.04. The Morgan fingerprint density at radius 2 is 2.19 bits per heavy atom. The van der Waals surface area contributed by atoms with Gasteiger partial charge in [-0.3, -0.25) is 4.79 Å². The Morgan fingerprint density at radius 3 is 2.81 bits per heavy atom. The summed E-state index contributed by atoms with van der Waals surface area (Å²) in [4.78, 5) is 10.6. The molecule has 0 aliphatic carbocycles. The van der Waals surface area contributed by atoms with Gasteiger partial charge < -0.3 is 5.11 Å². The van der Waals surface area contributed by atoms with E-state index in [2.05, 4.69) is 11.8 Å². The van der Waals surface area contributed by atoms with Crippen LogP contribution in [0.25, 0.3) is 0 Å². The molecule has 1 aromatic carbocycles. The smallest absolute Gasteiger partial charge is 0.307 e. The van der Waals surface area contributed by atoms with Crippen molar-refractivity contribution in [2.45, 2.75) is 12.8 Å². The molecule has 0 aliphatic rings. The summed E-state index contributed by atoms with van der Waals surface area (Å²) in [5.74, 6) is 5.32. The molecule has 2 nitrogen and oxygen atoms in total. The Bertz CT molecular complexity index is 444. The van der Waals surface area contributed by atoms with E-state index in [0.29, 0.717) is 28.5 Å². The summed E-state index contributed by atoms with van der Waals surface area (Å²) < 4.78 is 0. The second-order valence-corrected chi connectivity index (χ2v) is 3.93. The normalized spacial score (nSPS) is 9.38. The molecule has 0 heterocycles. The van der Waals surface area contributed by atoms with E-state index in [4.69, 9.17) is 28.3 Å². The zero-order chi connectivity index (χ0) is 12.0. The molecule has 0 unspecified atom stereocenters. The second-order valence-electron chi connectivity index (χ2n) is 3.11. The molecule has 0 bridgehead atoms. The number of benzene rings is 1. The van der Waals surface area contributed by atoms with Gasteiger partial charge in [0.25, 0.3) is 0 Å². The Labute approximate surface area is 104 Å². The lowest BCUT2D eigenvalue weighted by molar-refractivity contribution is -0.136. The predicted molar refractivity (Wildman–Crippen MR) is 65.0 cm³/mol. The van der Waals surface area contributed by atoms with Crippen LogP contribution in [0.1, 0.15) is 17.5 Å². The molecule has 1 rings (SSSR count). The number of hydrogen-bond donors (Lipinski definition) is 1. The van der Waals surface area contributed by atoms with E-state index in [9.17, 15) is 4.79 Å². The number of carboxylic acid groups (broad SMARTS) is 1. The average molecular weight is 257 g/mol. The maximum atomic E-state index is 10.6. The molecule has 0 amide bonds. The standard InChI is InChI=1S/C12H10Cl2O2/c13-6-2-1-3-9-4-5-11(14)7-10(9)8-12(15)16/h4-5,7H,2,6,8H2,(H,15,16). The van der Waals surface area contributed by atoms with Gasteiger partial charge in [0.15, 0.2) is 0 Å². The highest BCUT2D eigenvalue weighted by atomic mass is 35.5. The van der Waals surface area contributed by atoms with Gasteiger partial charge in [0.2, 0.25) is 0 Å². The molecule has 0 spiro atoms. The van der Waals surface area contributed by atoms with Crippen molar-refractivity contribution < 1.29 is 9.90 Å². The first-order chi connectivity index (χ1) is 7.63. The van der Waals surface area contributed by atoms with E-state index in [1.807, 2.05) is 0 Å². The van der Waals surface area contributed by atoms with Gasteiger partial charge in [-0.1, -0.05) is 23.4 Å². The SMILES string of the molecule is O=C(O)Cc1cc(Cl)ccc1C#CCCCl. The number of carbonyl (C=O) groups is 1. The lowest BCUT2D eigenvalue weighted by Gasteiger charge is -2.02. The summed E-state index contributed by atoms with van der Waals surface area (Å²) in [5, 5.41) is 9.25. The first-order valence-electron chi connectivity index (χ1n) is 4.68. The predicted octanol–water partition coefficient (Wildman–Crippen LogP) is 2.95. The quantitative estimate of drug-likeness (QED) is 0.667. The summed E-state index contributed by atoms with van der Waals surface area (Å²) in [6.45, 7) is 0. The highest BCUT2D eigenvalue weighted by molar-refractivity contribution is 6.30. The molecular weight excluding hydrogens is 247 g/mol. The molecule has 0 aromatic heterocycles. The Hall–Kier alpha value is -1.17. The number of carboxylic acids is 1. The largest absolute Gasteiger partial charge is 0.481 e. The molecule has 0 atom stereocenters. The zero-order valence-corrected chi connectivity index (χ0v) is 9.98. The minimum Gasteiger partial charge on any atom is -0.481 e. The maximum Gasteiger partial charge on any atom is 0.307 e. The van der Waals surface area contributed by atoms with Gasteiger partial charge in [-0.25, -0.2) is 0 Å². The van der Waals surface area contributed by atoms with Crippen molar-refractivity contribution in [1.29, 1.82) is 0 Å². The minimum absolute atomic E-state index is 0.0779. The van der Waals surface area contributed by atoms with Crippen LogP contribution in [0.5, 0.6) is 0 Å². The van der Waals surface area contributed by atoms with Crippen LogP contribution < -0.4 is 0 Å². The van der Waals surface area contributed by atoms with Gasteiger partial charge in [0.1, 0.15) is 0 Å². The van der Waals surface area contributed by atoms with E-state index in [-0.39, 0.29) is 6.42 Å². The van der Waals surface area contributed by atoms with Crippen molar-refractivity contribution in [3.63, 3.8) is 0 Å². The molecule has 1 N–H and O–H groups in total. The van der Waals surface area contributed by atoms with Crippen LogP contribution in [0, 0.1) is 11.8 Å². The fourth-order valence-corrected chi connectivity index (χ4v) is 1.49. The lowest BCUT2D eigenvalue weighted by atomic mass is 10.0. The highest BCUT2D eigenvalue weighted by Crippen LogP contribution is 2.16. The topological polar surface area (TPSA) is 37.3 Å². The average Bonchev–Trinajstić information content (AvgIpc) is 2.20. The molecule has 0 aliphatic heterocycles. The van der Waals surface area contributed by atoms with Crippen LogP contribution in [-0.4, -0.2) is 17.0 Å². The Balaban J connectivity index is 2.99. The number of hydrogen-bond acceptors (Lipinski definition) is 1. The molecule has 1 aromatic rings. The summed E-state index contributed by atoms with van der Waals surface area (Å²) >= 11 is 11.3. The van der Waals surface area contributed by atoms with Crippen molar-refractivity contribution in [1.82, 2.24) is 0 Å². The van der Waals surface area contributed by atoms with Crippen LogP contribution in [0.15, 0.2) is 18.2 Å². The minimum atomic E-state index is -0.900. The fourth-order valence-electron chi connectivity index (χ4n) is 1.20. The van der Waals surface area contributed by atoms with Crippen molar-refractivity contribution >= 4 is 29.2 Å². The van der Waals surface area contributed by atoms with E-state index in [1.54, 1.807) is 18.2 Å². The third-order valence-electron chi connectivity index (χ3n) is 1.85. The van der Waals surface area contributed by atoms with E-state index in [1.165, 1.54) is 0 Å². The molecular formula is C12H10Cl2O2. The maximum absolute atomic E-state index is 10.6. The van der Waals surface area contributed by atoms with E-state index in [0.717, 1.165) is 0 Å². The summed E-state index contributed by atoms with van der Waals surface area (Å²) in [6.07, 6.45) is 0.502. The number of rotatable bonds is 3. The molecule has 84 valence electrons. The first-order valence-corrected chi connectivity index (χ1v) is 5.60. The van der Waals surface area contributed by atoms with Gasteiger partial charge in [-0.15, -0.1) is 11.6 Å². The number of alkyl halides is 1. The molecule has 0 saturated heterocycles. The van der Waals surface area contributed by atoms with Crippen LogP contribution in [-0.2, 0) is 11.2 Å². The van der Waals surface area contributed by atoms with Crippen LogP contribution in [0.4, 0.5) is 0 Å². The van der Waals surface area contributed by atoms with Gasteiger partial charge in [0.05, 0.1) is 6.42 Å². The Morgan fingerprint density at radius 1 is 1.44 bits per heavy atom. The number of aliphatic carboxylic acids is 1. The molecule has 0 radical (unpaired) electrons. The van der Waals surface area contributed by atoms with Crippen LogP contribution in [0.2, 0.25) is 5.02 Å². The molecule has 0 saturated carbocycles. The van der Waals surface area contributed by atoms with Crippen molar-refractivity contribution in [2.75, 3.05) is 5.88 Å². The highest BCUT2D eigenvalue weighted by Gasteiger charge is 2.05. The fraction of sp³-hybridized carbons (Fsp3) is 0.250.